The van der Waals surface area contributed by atoms with E-state index in [-0.39, 0.29) is 0 Å². The molecule has 2 aliphatic rings. The summed E-state index contributed by atoms with van der Waals surface area (Å²) in [5, 5.41) is 0. The zero-order valence-corrected chi connectivity index (χ0v) is 7.66. The first-order valence-electron chi connectivity index (χ1n) is 3.96. The number of nitrogens with zero attached hydrogens (tertiary/aromatic N) is 2. The highest BCUT2D eigenvalue weighted by atomic mass is 31.0. The van der Waals surface area contributed by atoms with Gasteiger partial charge in [0.1, 0.15) is 7.85 Å². The Hall–Kier alpha value is 0.415. The second-order valence-corrected chi connectivity index (χ2v) is 4.44. The van der Waals surface area contributed by atoms with Crippen LogP contribution in [0.2, 0.25) is 0 Å². The molecule has 1 spiro atoms. The molecule has 0 amide bonds. The zero-order chi connectivity index (χ0) is 7.19. The summed E-state index contributed by atoms with van der Waals surface area (Å²) < 4.78 is 2.33. The van der Waals surface area contributed by atoms with E-state index in [0.717, 1.165) is 5.41 Å². The van der Waals surface area contributed by atoms with Gasteiger partial charge in [0.15, 0.2) is 0 Å². The van der Waals surface area contributed by atoms with Crippen LogP contribution in [0.3, 0.4) is 0 Å². The summed E-state index contributed by atoms with van der Waals surface area (Å²) in [6.45, 7) is 5.28. The van der Waals surface area contributed by atoms with Gasteiger partial charge >= 0.3 is 0 Å². The first-order valence-corrected chi connectivity index (χ1v) is 4.48. The fraction of sp³-hybridized carbons (Fsp3) is 1.00. The number of likely N-dealkylation sites (tertiary alicyclic amines) is 1. The molecule has 1 unspecified atom stereocenters. The summed E-state index contributed by atoms with van der Waals surface area (Å²) in [4.78, 5) is 2.51. The minimum absolute atomic E-state index is 0.720. The molecule has 2 nitrogen and oxygen atoms in total. The number of hydrogen-bond acceptors (Lipinski definition) is 2. The smallest absolute Gasteiger partial charge is 0.119 e. The van der Waals surface area contributed by atoms with Gasteiger partial charge < -0.3 is 4.90 Å². The molecule has 56 valence electrons. The number of hydrogen-bond donors (Lipinski definition) is 0. The predicted octanol–water partition coefficient (Wildman–Crippen LogP) is -1.02. The van der Waals surface area contributed by atoms with E-state index in [9.17, 15) is 0 Å². The Morgan fingerprint density at radius 3 is 2.30 bits per heavy atom. The van der Waals surface area contributed by atoms with Crippen molar-refractivity contribution in [3.63, 3.8) is 0 Å². The molecule has 10 heavy (non-hydrogen) atoms. The molecule has 0 aromatic heterocycles. The average molecular weight is 156 g/mol. The molecule has 2 heterocycles. The quantitative estimate of drug-likeness (QED) is 0.354. The molecule has 0 saturated carbocycles. The largest absolute Gasteiger partial charge is 0.310 e. The van der Waals surface area contributed by atoms with Gasteiger partial charge in [0.05, 0.1) is 0 Å². The highest BCUT2D eigenvalue weighted by Crippen LogP contribution is 2.40. The predicted molar refractivity (Wildman–Crippen MR) is 48.7 cm³/mol. The Morgan fingerprint density at radius 1 is 1.30 bits per heavy atom. The molecule has 0 radical (unpaired) electrons. The van der Waals surface area contributed by atoms with Crippen LogP contribution in [-0.4, -0.2) is 50.0 Å². The molecule has 2 rings (SSSR count). The molecule has 0 aliphatic carbocycles. The lowest BCUT2D eigenvalue weighted by Crippen LogP contribution is -2.69. The van der Waals surface area contributed by atoms with Gasteiger partial charge in [-0.3, -0.25) is 4.67 Å². The van der Waals surface area contributed by atoms with Crippen molar-refractivity contribution in [3.8, 4) is 0 Å². The van der Waals surface area contributed by atoms with Gasteiger partial charge in [-0.15, -0.1) is 0 Å². The lowest BCUT2D eigenvalue weighted by atomic mass is 9.74. The SMILES string of the molecule is BCN1CC2(CN(P)C2)C1. The molecule has 2 saturated heterocycles. The van der Waals surface area contributed by atoms with Crippen LogP contribution in [0, 0.1) is 5.41 Å². The van der Waals surface area contributed by atoms with Crippen LogP contribution >= 0.6 is 9.39 Å². The van der Waals surface area contributed by atoms with E-state index in [1.54, 1.807) is 0 Å². The molecule has 0 aromatic rings. The highest BCUT2D eigenvalue weighted by molar-refractivity contribution is 7.13. The molecule has 0 bridgehead atoms. The third kappa shape index (κ3) is 0.921. The van der Waals surface area contributed by atoms with E-state index < -0.39 is 0 Å². The standard InChI is InChI=1S/C6H14BN2P/c7-5-8-1-6(2-8)3-9(10)4-6/h1-5,7,10H2. The molecule has 2 aliphatic heterocycles. The third-order valence-corrected chi connectivity index (χ3v) is 3.01. The summed E-state index contributed by atoms with van der Waals surface area (Å²) in [7, 11) is 5.01. The molecular formula is C6H14BN2P. The van der Waals surface area contributed by atoms with Crippen LogP contribution in [0.4, 0.5) is 0 Å². The minimum Gasteiger partial charge on any atom is -0.310 e. The van der Waals surface area contributed by atoms with Gasteiger partial charge in [-0.05, 0) is 6.44 Å². The Bertz CT molecular complexity index is 139. The van der Waals surface area contributed by atoms with Crippen LogP contribution in [0.25, 0.3) is 0 Å². The van der Waals surface area contributed by atoms with Crippen molar-refractivity contribution >= 4 is 17.2 Å². The van der Waals surface area contributed by atoms with Crippen LogP contribution < -0.4 is 0 Å². The molecular weight excluding hydrogens is 142 g/mol. The van der Waals surface area contributed by atoms with Gasteiger partial charge in [0, 0.05) is 31.6 Å². The second kappa shape index (κ2) is 2.20. The summed E-state index contributed by atoms with van der Waals surface area (Å²) >= 11 is 0. The normalized spacial score (nSPS) is 31.7. The van der Waals surface area contributed by atoms with Gasteiger partial charge in [0.25, 0.3) is 0 Å². The van der Waals surface area contributed by atoms with Crippen LogP contribution in [0.1, 0.15) is 0 Å². The monoisotopic (exact) mass is 156 g/mol. The number of rotatable bonds is 1. The van der Waals surface area contributed by atoms with E-state index in [1.807, 2.05) is 0 Å². The second-order valence-electron chi connectivity index (χ2n) is 3.71. The summed E-state index contributed by atoms with van der Waals surface area (Å²) in [5.41, 5.74) is 0.720. The maximum absolute atomic E-state index is 2.77. The van der Waals surface area contributed by atoms with E-state index in [0.29, 0.717) is 0 Å². The molecule has 4 heteroatoms. The summed E-state index contributed by atoms with van der Waals surface area (Å²) in [6, 6.07) is 0. The van der Waals surface area contributed by atoms with E-state index >= 15 is 0 Å². The van der Waals surface area contributed by atoms with Gasteiger partial charge in [-0.2, -0.15) is 0 Å². The van der Waals surface area contributed by atoms with Crippen molar-refractivity contribution in [3.05, 3.63) is 0 Å². The van der Waals surface area contributed by atoms with Crippen molar-refractivity contribution in [1.29, 1.82) is 0 Å². The summed E-state index contributed by atoms with van der Waals surface area (Å²) in [5.74, 6) is 0. The van der Waals surface area contributed by atoms with Crippen LogP contribution in [-0.2, 0) is 0 Å². The van der Waals surface area contributed by atoms with Gasteiger partial charge in [-0.1, -0.05) is 9.39 Å². The van der Waals surface area contributed by atoms with E-state index in [4.69, 9.17) is 0 Å². The first-order chi connectivity index (χ1) is 4.74. The van der Waals surface area contributed by atoms with E-state index in [2.05, 4.69) is 26.8 Å². The van der Waals surface area contributed by atoms with E-state index in [1.165, 1.54) is 32.6 Å². The van der Waals surface area contributed by atoms with Crippen molar-refractivity contribution in [2.75, 3.05) is 32.6 Å². The highest BCUT2D eigenvalue weighted by Gasteiger charge is 2.49. The topological polar surface area (TPSA) is 6.48 Å². The van der Waals surface area contributed by atoms with Crippen molar-refractivity contribution in [1.82, 2.24) is 9.57 Å². The zero-order valence-electron chi connectivity index (χ0n) is 6.51. The maximum Gasteiger partial charge on any atom is 0.119 e. The first kappa shape index (κ1) is 7.09. The Morgan fingerprint density at radius 2 is 1.90 bits per heavy atom. The Labute approximate surface area is 65.6 Å². The lowest BCUT2D eigenvalue weighted by molar-refractivity contribution is -0.0680. The van der Waals surface area contributed by atoms with Crippen molar-refractivity contribution in [2.45, 2.75) is 0 Å². The average Bonchev–Trinajstić information content (AvgIpc) is 1.74. The molecule has 2 fully saturated rings. The summed E-state index contributed by atoms with van der Waals surface area (Å²) in [6.07, 6.45) is 1.23. The Kier molecular flexibility index (Phi) is 1.56. The fourth-order valence-electron chi connectivity index (χ4n) is 2.14. The van der Waals surface area contributed by atoms with Crippen molar-refractivity contribution < 1.29 is 0 Å². The lowest BCUT2D eigenvalue weighted by Gasteiger charge is -2.59. The maximum atomic E-state index is 2.77. The van der Waals surface area contributed by atoms with Crippen molar-refractivity contribution in [2.24, 2.45) is 5.41 Å². The van der Waals surface area contributed by atoms with Gasteiger partial charge in [-0.25, -0.2) is 0 Å². The molecule has 0 aromatic carbocycles. The Balaban J connectivity index is 1.80. The van der Waals surface area contributed by atoms with Crippen LogP contribution in [0.5, 0.6) is 0 Å². The third-order valence-electron chi connectivity index (χ3n) is 2.64. The minimum atomic E-state index is 0.720. The molecule has 0 N–H and O–H groups in total. The fourth-order valence-corrected chi connectivity index (χ4v) is 2.92. The van der Waals surface area contributed by atoms with Gasteiger partial charge in [0.2, 0.25) is 0 Å². The van der Waals surface area contributed by atoms with Crippen LogP contribution in [0.15, 0.2) is 0 Å². The molecule has 1 atom stereocenters.